The molecule has 4 heterocycles. The third kappa shape index (κ3) is 3.17. The Balaban J connectivity index is 0.00000210. The van der Waals surface area contributed by atoms with Crippen molar-refractivity contribution in [2.24, 2.45) is 5.92 Å². The number of nitrogens with one attached hydrogen (secondary N) is 2. The number of aromatic nitrogens is 4. The molecular weight excluding hydrogens is 352 g/mol. The zero-order valence-electron chi connectivity index (χ0n) is 14.2. The van der Waals surface area contributed by atoms with Crippen molar-refractivity contribution in [3.05, 3.63) is 24.0 Å². The molecule has 0 radical (unpaired) electrons. The van der Waals surface area contributed by atoms with Crippen molar-refractivity contribution < 1.29 is 11.0 Å². The summed E-state index contributed by atoms with van der Waals surface area (Å²) >= 11 is 1.38. The lowest BCUT2D eigenvalue weighted by Crippen LogP contribution is -2.40. The first-order chi connectivity index (χ1) is 12.6. The fourth-order valence-electron chi connectivity index (χ4n) is 3.18. The predicted molar refractivity (Wildman–Crippen MR) is 101 cm³/mol. The highest BCUT2D eigenvalue weighted by atomic mass is 32.1. The molecule has 4 rings (SSSR count). The Bertz CT molecular complexity index is 963. The summed E-state index contributed by atoms with van der Waals surface area (Å²) in [5.74, 6) is -0.0636. The molecular formula is C17H20N6O2S. The molecule has 1 fully saturated rings. The maximum absolute atomic E-state index is 12.5. The summed E-state index contributed by atoms with van der Waals surface area (Å²) in [5, 5.41) is 6.23. The van der Waals surface area contributed by atoms with E-state index in [2.05, 4.69) is 25.3 Å². The number of amides is 2. The van der Waals surface area contributed by atoms with Gasteiger partial charge in [0.1, 0.15) is 23.4 Å². The van der Waals surface area contributed by atoms with Crippen molar-refractivity contribution in [1.29, 1.82) is 0 Å². The number of hydrogen-bond donors (Lipinski definition) is 2. The number of carbonyl (C=O) groups excluding carboxylic acids is 2. The van der Waals surface area contributed by atoms with E-state index in [1.807, 2.05) is 17.6 Å². The van der Waals surface area contributed by atoms with E-state index < -0.39 is 0 Å². The molecule has 8 nitrogen and oxygen atoms in total. The molecule has 0 spiro atoms. The Kier molecular flexibility index (Phi) is 4.37. The Labute approximate surface area is 155 Å². The second kappa shape index (κ2) is 6.83. The minimum absolute atomic E-state index is 0. The molecule has 136 valence electrons. The number of nitrogens with zero attached hydrogens (tertiary/aromatic N) is 4. The number of H-pyrrole nitrogens is 1. The second-order valence-corrected chi connectivity index (χ2v) is 7.13. The number of anilines is 1. The Morgan fingerprint density at radius 3 is 2.92 bits per heavy atom. The van der Waals surface area contributed by atoms with Crippen LogP contribution in [-0.2, 0) is 9.59 Å². The van der Waals surface area contributed by atoms with Gasteiger partial charge in [-0.25, -0.2) is 15.0 Å². The maximum atomic E-state index is 12.5. The van der Waals surface area contributed by atoms with Crippen LogP contribution >= 0.6 is 11.3 Å². The highest BCUT2D eigenvalue weighted by Crippen LogP contribution is 2.29. The van der Waals surface area contributed by atoms with Crippen LogP contribution in [0.15, 0.2) is 24.0 Å². The summed E-state index contributed by atoms with van der Waals surface area (Å²) in [7, 11) is 0. The molecule has 2 amide bonds. The third-order valence-electron chi connectivity index (χ3n) is 4.64. The number of rotatable bonds is 3. The first-order valence-corrected chi connectivity index (χ1v) is 9.30. The van der Waals surface area contributed by atoms with Crippen LogP contribution in [0, 0.1) is 5.92 Å². The van der Waals surface area contributed by atoms with Crippen LogP contribution in [-0.4, -0.2) is 49.7 Å². The normalized spacial score (nSPS) is 15.3. The molecule has 9 heteroatoms. The Morgan fingerprint density at radius 1 is 1.35 bits per heavy atom. The van der Waals surface area contributed by atoms with Crippen LogP contribution in [0.5, 0.6) is 0 Å². The molecule has 0 atom stereocenters. The summed E-state index contributed by atoms with van der Waals surface area (Å²) < 4.78 is 0. The van der Waals surface area contributed by atoms with E-state index in [4.69, 9.17) is 0 Å². The average Bonchev–Trinajstić information content (AvgIpc) is 3.30. The standard InChI is InChI=1S/C17H18N6O2S.H2/c1-10(24)23-6-3-11(4-7-23)16(25)22-17-21-13(8-26-17)14-12-2-5-18-15(12)20-9-19-14;/h2,5,8-9,11H,3-4,6-7H2,1H3,(H,18,19,20)(H,21,22,25);1H. The van der Waals surface area contributed by atoms with Crippen LogP contribution in [0.2, 0.25) is 0 Å². The molecule has 0 aromatic carbocycles. The quantitative estimate of drug-likeness (QED) is 0.735. The summed E-state index contributed by atoms with van der Waals surface area (Å²) in [6.07, 6.45) is 4.67. The molecule has 3 aromatic heterocycles. The largest absolute Gasteiger partial charge is 0.346 e. The molecule has 1 aliphatic heterocycles. The monoisotopic (exact) mass is 372 g/mol. The smallest absolute Gasteiger partial charge is 0.229 e. The molecule has 1 aliphatic rings. The summed E-state index contributed by atoms with van der Waals surface area (Å²) in [5.41, 5.74) is 2.21. The fourth-order valence-corrected chi connectivity index (χ4v) is 3.88. The van der Waals surface area contributed by atoms with Gasteiger partial charge in [-0.3, -0.25) is 9.59 Å². The molecule has 0 aliphatic carbocycles. The first-order valence-electron chi connectivity index (χ1n) is 8.42. The van der Waals surface area contributed by atoms with E-state index in [1.54, 1.807) is 11.8 Å². The van der Waals surface area contributed by atoms with E-state index in [0.717, 1.165) is 16.7 Å². The lowest BCUT2D eigenvalue weighted by Gasteiger charge is -2.30. The minimum Gasteiger partial charge on any atom is -0.346 e. The summed E-state index contributed by atoms with van der Waals surface area (Å²) in [4.78, 5) is 41.7. The summed E-state index contributed by atoms with van der Waals surface area (Å²) in [6.45, 7) is 2.82. The van der Waals surface area contributed by atoms with Crippen LogP contribution in [0.25, 0.3) is 22.4 Å². The van der Waals surface area contributed by atoms with Crippen molar-refractivity contribution in [1.82, 2.24) is 24.8 Å². The van der Waals surface area contributed by atoms with Gasteiger partial charge >= 0.3 is 0 Å². The van der Waals surface area contributed by atoms with Crippen LogP contribution in [0.3, 0.4) is 0 Å². The fraction of sp³-hybridized carbons (Fsp3) is 0.353. The lowest BCUT2D eigenvalue weighted by molar-refractivity contribution is -0.132. The van der Waals surface area contributed by atoms with E-state index in [9.17, 15) is 9.59 Å². The summed E-state index contributed by atoms with van der Waals surface area (Å²) in [6, 6.07) is 1.91. The number of piperidine rings is 1. The van der Waals surface area contributed by atoms with Crippen molar-refractivity contribution in [2.45, 2.75) is 19.8 Å². The van der Waals surface area contributed by atoms with Crippen molar-refractivity contribution in [3.8, 4) is 11.4 Å². The molecule has 1 saturated heterocycles. The van der Waals surface area contributed by atoms with Gasteiger partial charge in [-0.05, 0) is 18.9 Å². The van der Waals surface area contributed by atoms with Gasteiger partial charge < -0.3 is 15.2 Å². The van der Waals surface area contributed by atoms with E-state index in [-0.39, 0.29) is 19.2 Å². The van der Waals surface area contributed by atoms with Gasteiger partial charge in [0.25, 0.3) is 0 Å². The van der Waals surface area contributed by atoms with E-state index >= 15 is 0 Å². The number of aromatic amines is 1. The maximum Gasteiger partial charge on any atom is 0.229 e. The molecule has 0 saturated carbocycles. The SMILES string of the molecule is CC(=O)N1CCC(C(=O)Nc2nc(-c3ncnc4[nH]ccc34)cs2)CC1.[HH]. The highest BCUT2D eigenvalue weighted by Gasteiger charge is 2.26. The van der Waals surface area contributed by atoms with E-state index in [1.165, 1.54) is 17.7 Å². The van der Waals surface area contributed by atoms with Gasteiger partial charge in [0.05, 0.1) is 0 Å². The van der Waals surface area contributed by atoms with Gasteiger partial charge in [-0.1, -0.05) is 0 Å². The zero-order valence-corrected chi connectivity index (χ0v) is 15.0. The third-order valence-corrected chi connectivity index (χ3v) is 5.40. The number of fused-ring (bicyclic) bond motifs is 1. The van der Waals surface area contributed by atoms with Crippen LogP contribution < -0.4 is 5.32 Å². The Hall–Kier alpha value is -2.81. The van der Waals surface area contributed by atoms with Crippen molar-refractivity contribution >= 4 is 39.3 Å². The van der Waals surface area contributed by atoms with Gasteiger partial charge in [0.15, 0.2) is 5.13 Å². The number of thiazole rings is 1. The molecule has 0 bridgehead atoms. The zero-order chi connectivity index (χ0) is 18.1. The molecule has 0 unspecified atom stereocenters. The topological polar surface area (TPSA) is 104 Å². The minimum atomic E-state index is -0.0895. The van der Waals surface area contributed by atoms with Gasteiger partial charge in [-0.2, -0.15) is 0 Å². The van der Waals surface area contributed by atoms with Crippen LogP contribution in [0.4, 0.5) is 5.13 Å². The number of hydrogen-bond acceptors (Lipinski definition) is 6. The number of likely N-dealkylation sites (tertiary alicyclic amines) is 1. The van der Waals surface area contributed by atoms with Crippen molar-refractivity contribution in [2.75, 3.05) is 18.4 Å². The first kappa shape index (κ1) is 16.6. The average molecular weight is 372 g/mol. The van der Waals surface area contributed by atoms with Crippen LogP contribution in [0.1, 0.15) is 21.2 Å². The molecule has 2 N–H and O–H groups in total. The van der Waals surface area contributed by atoms with Gasteiger partial charge in [0, 0.05) is 44.3 Å². The number of carbonyl (C=O) groups is 2. The second-order valence-electron chi connectivity index (χ2n) is 6.27. The predicted octanol–water partition coefficient (Wildman–Crippen LogP) is 2.52. The lowest BCUT2D eigenvalue weighted by atomic mass is 9.96. The highest BCUT2D eigenvalue weighted by molar-refractivity contribution is 7.14. The molecule has 26 heavy (non-hydrogen) atoms. The van der Waals surface area contributed by atoms with E-state index in [0.29, 0.717) is 36.8 Å². The van der Waals surface area contributed by atoms with Gasteiger partial charge in [0.2, 0.25) is 11.8 Å². The van der Waals surface area contributed by atoms with Gasteiger partial charge in [-0.15, -0.1) is 11.3 Å². The molecule has 3 aromatic rings. The Morgan fingerprint density at radius 2 is 2.15 bits per heavy atom. The van der Waals surface area contributed by atoms with Crippen molar-refractivity contribution in [3.63, 3.8) is 0 Å².